The van der Waals surface area contributed by atoms with Crippen LogP contribution < -0.4 is 0 Å². The van der Waals surface area contributed by atoms with E-state index in [4.69, 9.17) is 9.84 Å². The molecule has 2 saturated heterocycles. The molecule has 0 radical (unpaired) electrons. The van der Waals surface area contributed by atoms with Gasteiger partial charge in [0, 0.05) is 19.0 Å². The summed E-state index contributed by atoms with van der Waals surface area (Å²) in [6.07, 6.45) is 0.894. The number of hydrogen-bond donors (Lipinski definition) is 1. The van der Waals surface area contributed by atoms with Gasteiger partial charge in [0.05, 0.1) is 10.6 Å². The molecular formula is C10H17NO5S2. The Bertz CT molecular complexity index is 418. The van der Waals surface area contributed by atoms with Gasteiger partial charge in [-0.15, -0.1) is 11.8 Å². The Morgan fingerprint density at radius 1 is 1.39 bits per heavy atom. The number of ether oxygens (including phenoxy) is 1. The monoisotopic (exact) mass is 295 g/mol. The van der Waals surface area contributed by atoms with Crippen molar-refractivity contribution < 1.29 is 23.1 Å². The van der Waals surface area contributed by atoms with Crippen molar-refractivity contribution in [1.82, 2.24) is 4.31 Å². The summed E-state index contributed by atoms with van der Waals surface area (Å²) >= 11 is 1.37. The molecule has 2 unspecified atom stereocenters. The number of thioether (sulfide) groups is 1. The smallest absolute Gasteiger partial charge is 0.322 e. The molecule has 6 nitrogen and oxygen atoms in total. The zero-order valence-corrected chi connectivity index (χ0v) is 11.7. The van der Waals surface area contributed by atoms with Crippen molar-refractivity contribution in [2.75, 3.05) is 19.0 Å². The third-order valence-corrected chi connectivity index (χ3v) is 7.15. The van der Waals surface area contributed by atoms with E-state index in [2.05, 4.69) is 0 Å². The number of rotatable bonds is 3. The van der Waals surface area contributed by atoms with Crippen molar-refractivity contribution in [3.8, 4) is 0 Å². The van der Waals surface area contributed by atoms with Crippen LogP contribution in [0.15, 0.2) is 0 Å². The normalized spacial score (nSPS) is 31.6. The van der Waals surface area contributed by atoms with Crippen LogP contribution >= 0.6 is 11.8 Å². The molecule has 0 spiro atoms. The van der Waals surface area contributed by atoms with Gasteiger partial charge in [0.15, 0.2) is 0 Å². The molecule has 2 aliphatic heterocycles. The van der Waals surface area contributed by atoms with Gasteiger partial charge in [0.25, 0.3) is 0 Å². The van der Waals surface area contributed by atoms with E-state index in [0.29, 0.717) is 31.8 Å². The van der Waals surface area contributed by atoms with Crippen LogP contribution in [0.3, 0.4) is 0 Å². The Balaban J connectivity index is 2.23. The van der Waals surface area contributed by atoms with Gasteiger partial charge in [0.1, 0.15) is 6.04 Å². The Hall–Kier alpha value is -0.310. The number of carboxylic acid groups (broad SMARTS) is 1. The SMILES string of the molecule is CC1SCC(C(=O)O)N1S(=O)(=O)C1CCOCC1. The van der Waals surface area contributed by atoms with E-state index in [1.165, 1.54) is 16.1 Å². The minimum Gasteiger partial charge on any atom is -0.480 e. The molecule has 2 fully saturated rings. The summed E-state index contributed by atoms with van der Waals surface area (Å²) in [5, 5.41) is 8.31. The van der Waals surface area contributed by atoms with Crippen LogP contribution in [0.1, 0.15) is 19.8 Å². The fourth-order valence-corrected chi connectivity index (χ4v) is 6.10. The van der Waals surface area contributed by atoms with Crippen LogP contribution in [0, 0.1) is 0 Å². The molecule has 2 heterocycles. The number of carboxylic acids is 1. The second-order valence-corrected chi connectivity index (χ2v) is 7.94. The first-order valence-electron chi connectivity index (χ1n) is 5.89. The molecule has 0 aromatic rings. The summed E-state index contributed by atoms with van der Waals surface area (Å²) in [5.41, 5.74) is 0. The third-order valence-electron chi connectivity index (χ3n) is 3.33. The molecule has 0 aromatic carbocycles. The predicted molar refractivity (Wildman–Crippen MR) is 67.9 cm³/mol. The number of carbonyl (C=O) groups is 1. The molecule has 2 rings (SSSR count). The summed E-state index contributed by atoms with van der Waals surface area (Å²) in [7, 11) is -3.55. The third kappa shape index (κ3) is 2.52. The molecule has 0 aliphatic carbocycles. The molecule has 1 N–H and O–H groups in total. The van der Waals surface area contributed by atoms with Crippen LogP contribution in [0.2, 0.25) is 0 Å². The van der Waals surface area contributed by atoms with Gasteiger partial charge in [-0.25, -0.2) is 8.42 Å². The molecule has 0 aromatic heterocycles. The molecule has 2 aliphatic rings. The van der Waals surface area contributed by atoms with E-state index in [9.17, 15) is 13.2 Å². The average molecular weight is 295 g/mol. The van der Waals surface area contributed by atoms with Gasteiger partial charge in [-0.2, -0.15) is 4.31 Å². The predicted octanol–water partition coefficient (Wildman–Crippen LogP) is 0.343. The Kier molecular flexibility index (Phi) is 4.20. The summed E-state index contributed by atoms with van der Waals surface area (Å²) in [5.74, 6) is -0.749. The second-order valence-electron chi connectivity index (χ2n) is 4.47. The van der Waals surface area contributed by atoms with Gasteiger partial charge in [-0.1, -0.05) is 0 Å². The highest BCUT2D eigenvalue weighted by atomic mass is 32.2. The van der Waals surface area contributed by atoms with E-state index in [0.717, 1.165) is 0 Å². The van der Waals surface area contributed by atoms with Crippen molar-refractivity contribution >= 4 is 27.8 Å². The van der Waals surface area contributed by atoms with Gasteiger partial charge in [0.2, 0.25) is 10.0 Å². The standard InChI is InChI=1S/C10H17NO5S2/c1-7-11(9(6-17-7)10(12)13)18(14,15)8-2-4-16-5-3-8/h7-9H,2-6H2,1H3,(H,12,13). The summed E-state index contributed by atoms with van der Waals surface area (Å²) in [6, 6.07) is -0.933. The molecule has 104 valence electrons. The minimum atomic E-state index is -3.55. The van der Waals surface area contributed by atoms with Crippen molar-refractivity contribution in [3.05, 3.63) is 0 Å². The van der Waals surface area contributed by atoms with Crippen LogP contribution in [-0.2, 0) is 19.6 Å². The van der Waals surface area contributed by atoms with E-state index < -0.39 is 27.3 Å². The van der Waals surface area contributed by atoms with Gasteiger partial charge >= 0.3 is 5.97 Å². The van der Waals surface area contributed by atoms with E-state index in [1.807, 2.05) is 0 Å². The van der Waals surface area contributed by atoms with Crippen molar-refractivity contribution in [1.29, 1.82) is 0 Å². The van der Waals surface area contributed by atoms with Crippen molar-refractivity contribution in [2.24, 2.45) is 0 Å². The van der Waals surface area contributed by atoms with Crippen LogP contribution in [0.5, 0.6) is 0 Å². The quantitative estimate of drug-likeness (QED) is 0.808. The number of aliphatic carboxylic acids is 1. The topological polar surface area (TPSA) is 83.9 Å². The van der Waals surface area contributed by atoms with Crippen molar-refractivity contribution in [3.63, 3.8) is 0 Å². The molecular weight excluding hydrogens is 278 g/mol. The lowest BCUT2D eigenvalue weighted by molar-refractivity contribution is -0.140. The zero-order chi connectivity index (χ0) is 13.3. The number of sulfonamides is 1. The lowest BCUT2D eigenvalue weighted by Gasteiger charge is -2.31. The molecule has 8 heteroatoms. The largest absolute Gasteiger partial charge is 0.480 e. The van der Waals surface area contributed by atoms with Gasteiger partial charge in [-0.05, 0) is 19.8 Å². The first-order chi connectivity index (χ1) is 8.44. The minimum absolute atomic E-state index is 0.307. The molecule has 0 saturated carbocycles. The fourth-order valence-electron chi connectivity index (χ4n) is 2.34. The lowest BCUT2D eigenvalue weighted by Crippen LogP contribution is -2.49. The highest BCUT2D eigenvalue weighted by molar-refractivity contribution is 8.01. The van der Waals surface area contributed by atoms with Gasteiger partial charge in [-0.3, -0.25) is 4.79 Å². The highest BCUT2D eigenvalue weighted by Crippen LogP contribution is 2.34. The maximum atomic E-state index is 12.5. The summed E-state index contributed by atoms with van der Waals surface area (Å²) in [4.78, 5) is 11.1. The fraction of sp³-hybridized carbons (Fsp3) is 0.900. The maximum absolute atomic E-state index is 12.5. The Labute approximate surface area is 111 Å². The van der Waals surface area contributed by atoms with Crippen LogP contribution in [0.25, 0.3) is 0 Å². The molecule has 18 heavy (non-hydrogen) atoms. The highest BCUT2D eigenvalue weighted by Gasteiger charge is 2.46. The second kappa shape index (κ2) is 5.36. The Morgan fingerprint density at radius 3 is 2.56 bits per heavy atom. The lowest BCUT2D eigenvalue weighted by atomic mass is 10.2. The molecule has 0 amide bonds. The first kappa shape index (κ1) is 14.1. The Morgan fingerprint density at radius 2 is 2.00 bits per heavy atom. The summed E-state index contributed by atoms with van der Waals surface area (Å²) in [6.45, 7) is 2.60. The van der Waals surface area contributed by atoms with Gasteiger partial charge < -0.3 is 9.84 Å². The number of nitrogens with zero attached hydrogens (tertiary/aromatic N) is 1. The first-order valence-corrected chi connectivity index (χ1v) is 8.44. The van der Waals surface area contributed by atoms with Crippen molar-refractivity contribution in [2.45, 2.75) is 36.4 Å². The van der Waals surface area contributed by atoms with E-state index >= 15 is 0 Å². The van der Waals surface area contributed by atoms with E-state index in [-0.39, 0.29) is 5.37 Å². The summed E-state index contributed by atoms with van der Waals surface area (Å²) < 4.78 is 31.3. The average Bonchev–Trinajstić information content (AvgIpc) is 2.73. The maximum Gasteiger partial charge on any atom is 0.322 e. The molecule has 0 bridgehead atoms. The van der Waals surface area contributed by atoms with E-state index in [1.54, 1.807) is 6.92 Å². The van der Waals surface area contributed by atoms with Crippen LogP contribution in [-0.4, -0.2) is 59.4 Å². The van der Waals surface area contributed by atoms with Crippen LogP contribution in [0.4, 0.5) is 0 Å². The number of hydrogen-bond acceptors (Lipinski definition) is 5. The zero-order valence-electron chi connectivity index (χ0n) is 10.1. The molecule has 2 atom stereocenters.